The average molecular weight is 96.1 g/mol. The van der Waals surface area contributed by atoms with Crippen LogP contribution in [0.1, 0.15) is 13.3 Å². The standard InChI is InChI=1S/C4H6N3/c1-2-4-3-5-7-6-4/h3H,2H2,1H3. The minimum absolute atomic E-state index is 0.924. The van der Waals surface area contributed by atoms with Crippen LogP contribution >= 0.6 is 0 Å². The summed E-state index contributed by atoms with van der Waals surface area (Å²) in [6.07, 6.45) is 2.59. The maximum Gasteiger partial charge on any atom is 0.0847 e. The second kappa shape index (κ2) is 1.73. The summed E-state index contributed by atoms with van der Waals surface area (Å²) in [6.45, 7) is 2.02. The molecule has 0 atom stereocenters. The fraction of sp³-hybridized carbons (Fsp3) is 0.500. The quantitative estimate of drug-likeness (QED) is 0.471. The third-order valence-electron chi connectivity index (χ3n) is 0.794. The molecule has 0 fully saturated rings. The van der Waals surface area contributed by atoms with Crippen LogP contribution in [0, 0.1) is 0 Å². The van der Waals surface area contributed by atoms with Gasteiger partial charge >= 0.3 is 0 Å². The normalized spacial score (nSPS) is 16.4. The molecule has 1 rings (SSSR count). The van der Waals surface area contributed by atoms with Crippen LogP contribution in [0.3, 0.4) is 0 Å². The Morgan fingerprint density at radius 3 is 2.86 bits per heavy atom. The van der Waals surface area contributed by atoms with Crippen LogP contribution in [0.15, 0.2) is 22.2 Å². The predicted molar refractivity (Wildman–Crippen MR) is 25.4 cm³/mol. The topological polar surface area (TPSA) is 38.8 Å². The van der Waals surface area contributed by atoms with Gasteiger partial charge in [0.05, 0.1) is 11.9 Å². The molecule has 0 unspecified atom stereocenters. The maximum absolute atomic E-state index is 3.67. The molecule has 1 aliphatic heterocycles. The van der Waals surface area contributed by atoms with E-state index in [0.717, 1.165) is 12.1 Å². The van der Waals surface area contributed by atoms with Crippen molar-refractivity contribution in [2.24, 2.45) is 10.3 Å². The summed E-state index contributed by atoms with van der Waals surface area (Å²) in [5, 5.41) is 6.92. The Kier molecular flexibility index (Phi) is 1.06. The van der Waals surface area contributed by atoms with E-state index in [0.29, 0.717) is 0 Å². The molecule has 0 saturated heterocycles. The van der Waals surface area contributed by atoms with E-state index in [1.54, 1.807) is 6.20 Å². The molecule has 0 aromatic rings. The first-order chi connectivity index (χ1) is 3.43. The summed E-state index contributed by atoms with van der Waals surface area (Å²) in [7, 11) is 0. The van der Waals surface area contributed by atoms with Crippen molar-refractivity contribution in [1.29, 1.82) is 0 Å². The molecule has 0 aliphatic carbocycles. The average Bonchev–Trinajstić information content (AvgIpc) is 2.14. The van der Waals surface area contributed by atoms with Crippen molar-refractivity contribution in [2.45, 2.75) is 13.3 Å². The third kappa shape index (κ3) is 0.765. The first kappa shape index (κ1) is 4.30. The molecular formula is C4H6N3. The third-order valence-corrected chi connectivity index (χ3v) is 0.794. The lowest BCUT2D eigenvalue weighted by atomic mass is 10.4. The summed E-state index contributed by atoms with van der Waals surface area (Å²) < 4.78 is 0. The smallest absolute Gasteiger partial charge is 0.0847 e. The Bertz CT molecular complexity index is 114. The summed E-state index contributed by atoms with van der Waals surface area (Å²) in [5.74, 6) is 0. The fourth-order valence-corrected chi connectivity index (χ4v) is 0.364. The lowest BCUT2D eigenvalue weighted by Crippen LogP contribution is -1.87. The molecule has 1 radical (unpaired) electrons. The van der Waals surface area contributed by atoms with Crippen LogP contribution in [-0.4, -0.2) is 0 Å². The first-order valence-corrected chi connectivity index (χ1v) is 2.23. The number of hydrogen-bond acceptors (Lipinski definition) is 2. The lowest BCUT2D eigenvalue weighted by Gasteiger charge is -1.84. The van der Waals surface area contributed by atoms with Crippen LogP contribution in [0.5, 0.6) is 0 Å². The van der Waals surface area contributed by atoms with Gasteiger partial charge in [0.1, 0.15) is 0 Å². The molecule has 3 nitrogen and oxygen atoms in total. The van der Waals surface area contributed by atoms with E-state index in [-0.39, 0.29) is 0 Å². The molecule has 0 spiro atoms. The van der Waals surface area contributed by atoms with Gasteiger partial charge in [0.2, 0.25) is 0 Å². The molecule has 0 aromatic heterocycles. The summed E-state index contributed by atoms with van der Waals surface area (Å²) in [4.78, 5) is 0. The highest BCUT2D eigenvalue weighted by Gasteiger charge is 1.96. The number of hydrogen-bond donors (Lipinski definition) is 0. The van der Waals surface area contributed by atoms with Gasteiger partial charge in [-0.25, -0.2) is 0 Å². The number of allylic oxidation sites excluding steroid dienone is 1. The second-order valence-corrected chi connectivity index (χ2v) is 1.28. The number of nitrogens with zero attached hydrogens (tertiary/aromatic N) is 3. The van der Waals surface area contributed by atoms with Gasteiger partial charge in [-0.1, -0.05) is 6.92 Å². The van der Waals surface area contributed by atoms with Gasteiger partial charge in [-0.15, -0.1) is 10.5 Å². The first-order valence-electron chi connectivity index (χ1n) is 2.23. The van der Waals surface area contributed by atoms with Gasteiger partial charge in [-0.3, -0.25) is 0 Å². The van der Waals surface area contributed by atoms with Crippen molar-refractivity contribution in [2.75, 3.05) is 0 Å². The van der Waals surface area contributed by atoms with Crippen molar-refractivity contribution in [3.05, 3.63) is 11.9 Å². The fourth-order valence-electron chi connectivity index (χ4n) is 0.364. The van der Waals surface area contributed by atoms with Gasteiger partial charge in [0.15, 0.2) is 0 Å². The van der Waals surface area contributed by atoms with E-state index in [1.165, 1.54) is 0 Å². The molecule has 0 N–H and O–H groups in total. The summed E-state index contributed by atoms with van der Waals surface area (Å²) >= 11 is 0. The molecule has 0 aromatic carbocycles. The highest BCUT2D eigenvalue weighted by atomic mass is 15.4. The molecule has 1 aliphatic rings. The van der Waals surface area contributed by atoms with E-state index in [2.05, 4.69) is 15.8 Å². The molecule has 7 heavy (non-hydrogen) atoms. The Morgan fingerprint density at radius 1 is 1.71 bits per heavy atom. The molecular weight excluding hydrogens is 90.1 g/mol. The van der Waals surface area contributed by atoms with Gasteiger partial charge in [-0.05, 0) is 11.6 Å². The summed E-state index contributed by atoms with van der Waals surface area (Å²) in [6, 6.07) is 0. The SMILES string of the molecule is CCC1=CN=N[N]1. The van der Waals surface area contributed by atoms with Crippen molar-refractivity contribution in [3.8, 4) is 0 Å². The van der Waals surface area contributed by atoms with Crippen LogP contribution in [0.25, 0.3) is 0 Å². The van der Waals surface area contributed by atoms with Crippen molar-refractivity contribution < 1.29 is 0 Å². The highest BCUT2D eigenvalue weighted by Crippen LogP contribution is 2.03. The van der Waals surface area contributed by atoms with Gasteiger partial charge in [-0.2, -0.15) is 0 Å². The maximum atomic E-state index is 3.67. The van der Waals surface area contributed by atoms with Gasteiger partial charge in [0, 0.05) is 0 Å². The lowest BCUT2D eigenvalue weighted by molar-refractivity contribution is 0.811. The molecule has 0 saturated carbocycles. The molecule has 0 bridgehead atoms. The molecule has 0 amide bonds. The Hall–Kier alpha value is -0.860. The van der Waals surface area contributed by atoms with E-state index in [9.17, 15) is 0 Å². The van der Waals surface area contributed by atoms with Crippen molar-refractivity contribution in [1.82, 2.24) is 5.43 Å². The monoisotopic (exact) mass is 96.1 g/mol. The van der Waals surface area contributed by atoms with Gasteiger partial charge in [0.25, 0.3) is 0 Å². The van der Waals surface area contributed by atoms with Gasteiger partial charge < -0.3 is 0 Å². The van der Waals surface area contributed by atoms with E-state index < -0.39 is 0 Å². The largest absolute Gasteiger partial charge is 0.137 e. The minimum Gasteiger partial charge on any atom is -0.137 e. The Balaban J connectivity index is 2.45. The number of rotatable bonds is 1. The Morgan fingerprint density at radius 2 is 2.57 bits per heavy atom. The zero-order chi connectivity index (χ0) is 5.11. The van der Waals surface area contributed by atoms with E-state index in [4.69, 9.17) is 0 Å². The Labute approximate surface area is 42.1 Å². The second-order valence-electron chi connectivity index (χ2n) is 1.28. The van der Waals surface area contributed by atoms with Crippen LogP contribution in [0.4, 0.5) is 0 Å². The van der Waals surface area contributed by atoms with E-state index in [1.807, 2.05) is 6.92 Å². The van der Waals surface area contributed by atoms with Crippen molar-refractivity contribution >= 4 is 0 Å². The minimum atomic E-state index is 0.924. The molecule has 1 heterocycles. The molecule has 37 valence electrons. The van der Waals surface area contributed by atoms with Crippen LogP contribution in [-0.2, 0) is 0 Å². The van der Waals surface area contributed by atoms with Crippen molar-refractivity contribution in [3.63, 3.8) is 0 Å². The van der Waals surface area contributed by atoms with Crippen LogP contribution < -0.4 is 5.43 Å². The molecule has 3 heteroatoms. The predicted octanol–water partition coefficient (Wildman–Crippen LogP) is 1.22. The zero-order valence-electron chi connectivity index (χ0n) is 4.13. The van der Waals surface area contributed by atoms with Crippen LogP contribution in [0.2, 0.25) is 0 Å². The van der Waals surface area contributed by atoms with E-state index >= 15 is 0 Å². The summed E-state index contributed by atoms with van der Waals surface area (Å²) in [5.41, 5.74) is 4.63. The highest BCUT2D eigenvalue weighted by molar-refractivity contribution is 4.97. The zero-order valence-corrected chi connectivity index (χ0v) is 4.13.